The molecule has 1 aromatic carbocycles. The topological polar surface area (TPSA) is 15.3 Å². The molecule has 0 bridgehead atoms. The van der Waals surface area contributed by atoms with E-state index in [4.69, 9.17) is 0 Å². The molecule has 0 spiro atoms. The van der Waals surface area contributed by atoms with Gasteiger partial charge in [0.25, 0.3) is 0 Å². The van der Waals surface area contributed by atoms with Gasteiger partial charge in [-0.05, 0) is 34.0 Å². The van der Waals surface area contributed by atoms with E-state index >= 15 is 0 Å². The molecule has 1 aromatic rings. The third-order valence-corrected chi connectivity index (χ3v) is 4.72. The first-order valence-corrected chi connectivity index (χ1v) is 7.93. The Morgan fingerprint density at radius 3 is 2.55 bits per heavy atom. The Bertz CT molecular complexity index is 461. The van der Waals surface area contributed by atoms with Gasteiger partial charge in [-0.1, -0.05) is 20.3 Å². The lowest BCUT2D eigenvalue weighted by molar-refractivity contribution is 0.122. The van der Waals surface area contributed by atoms with Crippen LogP contribution in [0.2, 0.25) is 0 Å². The van der Waals surface area contributed by atoms with Gasteiger partial charge in [0.2, 0.25) is 0 Å². The summed E-state index contributed by atoms with van der Waals surface area (Å²) >= 11 is 3.17. The summed E-state index contributed by atoms with van der Waals surface area (Å²) in [6, 6.07) is 2.57. The summed E-state index contributed by atoms with van der Waals surface area (Å²) in [5.74, 6) is -0.713. The van der Waals surface area contributed by atoms with Crippen LogP contribution in [0.5, 0.6) is 0 Å². The predicted molar refractivity (Wildman–Crippen MR) is 80.7 cm³/mol. The molecule has 1 saturated heterocycles. The van der Waals surface area contributed by atoms with Crippen molar-refractivity contribution in [3.63, 3.8) is 0 Å². The van der Waals surface area contributed by atoms with Gasteiger partial charge in [0.05, 0.1) is 4.47 Å². The fourth-order valence-corrected chi connectivity index (χ4v) is 3.17. The largest absolute Gasteiger partial charge is 0.314 e. The maximum absolute atomic E-state index is 14.4. The Morgan fingerprint density at radius 2 is 1.95 bits per heavy atom. The summed E-state index contributed by atoms with van der Waals surface area (Å²) in [4.78, 5) is 2.19. The number of hydrogen-bond donors (Lipinski definition) is 1. The van der Waals surface area contributed by atoms with Crippen LogP contribution < -0.4 is 5.32 Å². The molecule has 0 aliphatic carbocycles. The van der Waals surface area contributed by atoms with Gasteiger partial charge in [-0.3, -0.25) is 4.90 Å². The zero-order chi connectivity index (χ0) is 14.7. The minimum atomic E-state index is -0.464. The van der Waals surface area contributed by atoms with E-state index in [9.17, 15) is 8.78 Å². The Balaban J connectivity index is 2.43. The first kappa shape index (κ1) is 15.9. The van der Waals surface area contributed by atoms with Gasteiger partial charge >= 0.3 is 0 Å². The summed E-state index contributed by atoms with van der Waals surface area (Å²) in [6.07, 6.45) is 0.889. The Hall–Kier alpha value is -0.520. The van der Waals surface area contributed by atoms with Crippen LogP contribution >= 0.6 is 15.9 Å². The molecule has 2 atom stereocenters. The fourth-order valence-electron chi connectivity index (χ4n) is 2.82. The number of hydrogen-bond acceptors (Lipinski definition) is 2. The molecule has 0 amide bonds. The number of rotatable bonds is 4. The zero-order valence-electron chi connectivity index (χ0n) is 11.9. The minimum Gasteiger partial charge on any atom is -0.314 e. The van der Waals surface area contributed by atoms with Crippen molar-refractivity contribution in [1.29, 1.82) is 0 Å². The monoisotopic (exact) mass is 346 g/mol. The highest BCUT2D eigenvalue weighted by atomic mass is 79.9. The van der Waals surface area contributed by atoms with Crippen molar-refractivity contribution in [3.05, 3.63) is 33.8 Å². The van der Waals surface area contributed by atoms with E-state index in [1.165, 1.54) is 12.1 Å². The second-order valence-electron chi connectivity index (χ2n) is 5.37. The Morgan fingerprint density at radius 1 is 1.30 bits per heavy atom. The third kappa shape index (κ3) is 3.21. The second-order valence-corrected chi connectivity index (χ2v) is 6.23. The molecule has 5 heteroatoms. The molecule has 1 fully saturated rings. The van der Waals surface area contributed by atoms with E-state index in [0.29, 0.717) is 4.47 Å². The van der Waals surface area contributed by atoms with Crippen LogP contribution in [0.1, 0.15) is 31.9 Å². The van der Waals surface area contributed by atoms with E-state index < -0.39 is 11.6 Å². The minimum absolute atomic E-state index is 0.200. The highest BCUT2D eigenvalue weighted by Crippen LogP contribution is 2.36. The Kier molecular flexibility index (Phi) is 5.52. The van der Waals surface area contributed by atoms with E-state index in [2.05, 4.69) is 40.0 Å². The molecule has 2 nitrogen and oxygen atoms in total. The molecule has 0 saturated carbocycles. The normalized spacial score (nSPS) is 19.9. The summed E-state index contributed by atoms with van der Waals surface area (Å²) in [5, 5.41) is 3.28. The first-order valence-electron chi connectivity index (χ1n) is 7.14. The van der Waals surface area contributed by atoms with Crippen molar-refractivity contribution in [2.45, 2.75) is 26.3 Å². The van der Waals surface area contributed by atoms with Gasteiger partial charge in [-0.25, -0.2) is 8.78 Å². The number of nitrogens with one attached hydrogen (secondary N) is 1. The standard InChI is InChI=1S/C15H21BrF2N2/c1-3-10(2)15(20-8-6-19-7-9-20)13-12(17)5-4-11(16)14(13)18/h4-5,10,15,19H,3,6-9H2,1-2H3/t10?,15-/m0/s1. The van der Waals surface area contributed by atoms with E-state index in [-0.39, 0.29) is 17.5 Å². The van der Waals surface area contributed by atoms with Crippen molar-refractivity contribution >= 4 is 15.9 Å². The van der Waals surface area contributed by atoms with Gasteiger partial charge in [0, 0.05) is 37.8 Å². The maximum atomic E-state index is 14.4. The van der Waals surface area contributed by atoms with Crippen molar-refractivity contribution in [3.8, 4) is 0 Å². The number of piperazine rings is 1. The van der Waals surface area contributed by atoms with Crippen molar-refractivity contribution in [2.24, 2.45) is 5.92 Å². The van der Waals surface area contributed by atoms with Crippen molar-refractivity contribution in [1.82, 2.24) is 10.2 Å². The van der Waals surface area contributed by atoms with Crippen LogP contribution in [0, 0.1) is 17.6 Å². The lowest BCUT2D eigenvalue weighted by atomic mass is 9.90. The third-order valence-electron chi connectivity index (χ3n) is 4.10. The second kappa shape index (κ2) is 6.96. The summed E-state index contributed by atoms with van der Waals surface area (Å²) < 4.78 is 29.0. The molecule has 0 radical (unpaired) electrons. The van der Waals surface area contributed by atoms with Gasteiger partial charge < -0.3 is 5.32 Å². The van der Waals surface area contributed by atoms with Gasteiger partial charge in [0.15, 0.2) is 0 Å². The van der Waals surface area contributed by atoms with E-state index in [0.717, 1.165) is 32.6 Å². The van der Waals surface area contributed by atoms with Gasteiger partial charge in [0.1, 0.15) is 11.6 Å². The molecule has 0 aromatic heterocycles. The molecule has 1 aliphatic rings. The summed E-state index contributed by atoms with van der Waals surface area (Å²) in [5.41, 5.74) is 0.204. The Labute approximate surface area is 127 Å². The average Bonchev–Trinajstić information content (AvgIpc) is 2.48. The predicted octanol–water partition coefficient (Wildman–Crippen LogP) is 3.72. The van der Waals surface area contributed by atoms with Gasteiger partial charge in [-0.15, -0.1) is 0 Å². The summed E-state index contributed by atoms with van der Waals surface area (Å²) in [6.45, 7) is 7.50. The maximum Gasteiger partial charge on any atom is 0.145 e. The number of nitrogens with zero attached hydrogens (tertiary/aromatic N) is 1. The molecular weight excluding hydrogens is 326 g/mol. The molecule has 1 aliphatic heterocycles. The van der Waals surface area contributed by atoms with Crippen molar-refractivity contribution in [2.75, 3.05) is 26.2 Å². The number of benzene rings is 1. The van der Waals surface area contributed by atoms with Crippen LogP contribution in [0.25, 0.3) is 0 Å². The highest BCUT2D eigenvalue weighted by Gasteiger charge is 2.31. The SMILES string of the molecule is CCC(C)[C@@H](c1c(F)ccc(Br)c1F)N1CCNCC1. The molecule has 2 rings (SSSR count). The molecule has 20 heavy (non-hydrogen) atoms. The van der Waals surface area contributed by atoms with E-state index in [1.54, 1.807) is 0 Å². The van der Waals surface area contributed by atoms with Gasteiger partial charge in [-0.2, -0.15) is 0 Å². The summed E-state index contributed by atoms with van der Waals surface area (Å²) in [7, 11) is 0. The van der Waals surface area contributed by atoms with Crippen LogP contribution in [0.3, 0.4) is 0 Å². The molecule has 112 valence electrons. The van der Waals surface area contributed by atoms with Crippen LogP contribution in [-0.2, 0) is 0 Å². The zero-order valence-corrected chi connectivity index (χ0v) is 13.5. The van der Waals surface area contributed by atoms with E-state index in [1.807, 2.05) is 0 Å². The quantitative estimate of drug-likeness (QED) is 0.836. The van der Waals surface area contributed by atoms with Crippen LogP contribution in [0.4, 0.5) is 8.78 Å². The highest BCUT2D eigenvalue weighted by molar-refractivity contribution is 9.10. The van der Waals surface area contributed by atoms with Crippen LogP contribution in [-0.4, -0.2) is 31.1 Å². The average molecular weight is 347 g/mol. The molecule has 1 unspecified atom stereocenters. The fraction of sp³-hybridized carbons (Fsp3) is 0.600. The van der Waals surface area contributed by atoms with Crippen molar-refractivity contribution < 1.29 is 8.78 Å². The lowest BCUT2D eigenvalue weighted by Gasteiger charge is -2.38. The lowest BCUT2D eigenvalue weighted by Crippen LogP contribution is -2.47. The number of halogens is 3. The van der Waals surface area contributed by atoms with Crippen LogP contribution in [0.15, 0.2) is 16.6 Å². The molecule has 1 heterocycles. The first-order chi connectivity index (χ1) is 9.56. The molecule has 1 N–H and O–H groups in total. The smallest absolute Gasteiger partial charge is 0.145 e. The molecular formula is C15H21BrF2N2.